The molecule has 0 aromatic carbocycles. The van der Waals surface area contributed by atoms with E-state index in [1.165, 1.54) is 6.42 Å². The number of hydrogen-bond donors (Lipinski definition) is 1. The van der Waals surface area contributed by atoms with Gasteiger partial charge in [0, 0.05) is 38.9 Å². The van der Waals surface area contributed by atoms with Crippen molar-refractivity contribution in [3.8, 4) is 0 Å². The molecule has 0 saturated carbocycles. The molecule has 8 heteroatoms. The summed E-state index contributed by atoms with van der Waals surface area (Å²) in [6.07, 6.45) is 6.10. The van der Waals surface area contributed by atoms with Crippen LogP contribution in [0.1, 0.15) is 30.9 Å². The molecule has 2 saturated heterocycles. The van der Waals surface area contributed by atoms with Crippen molar-refractivity contribution in [1.82, 2.24) is 25.1 Å². The smallest absolute Gasteiger partial charge is 0.265 e. The molecule has 0 radical (unpaired) electrons. The molecule has 2 aliphatic rings. The maximum absolute atomic E-state index is 12.7. The number of nitrogens with one attached hydrogen (secondary N) is 1. The van der Waals surface area contributed by atoms with E-state index in [1.54, 1.807) is 29.9 Å². The predicted molar refractivity (Wildman–Crippen MR) is 82.0 cm³/mol. The van der Waals surface area contributed by atoms with Crippen molar-refractivity contribution in [2.24, 2.45) is 7.05 Å². The van der Waals surface area contributed by atoms with Gasteiger partial charge in [-0.05, 0) is 12.8 Å². The van der Waals surface area contributed by atoms with Gasteiger partial charge in [0.15, 0.2) is 6.10 Å². The first-order valence-corrected chi connectivity index (χ1v) is 7.97. The molecule has 2 aliphatic heterocycles. The van der Waals surface area contributed by atoms with Gasteiger partial charge in [-0.25, -0.2) is 5.01 Å². The maximum atomic E-state index is 12.7. The van der Waals surface area contributed by atoms with E-state index in [-0.39, 0.29) is 18.4 Å². The van der Waals surface area contributed by atoms with Crippen LogP contribution in [-0.4, -0.2) is 64.4 Å². The molecule has 23 heavy (non-hydrogen) atoms. The molecule has 3 rings (SSSR count). The number of aromatic nitrogens is 2. The van der Waals surface area contributed by atoms with Crippen molar-refractivity contribution >= 4 is 11.8 Å². The number of carbonyl (C=O) groups excluding carboxylic acids is 2. The molecule has 0 bridgehead atoms. The van der Waals surface area contributed by atoms with Gasteiger partial charge in [-0.1, -0.05) is 6.42 Å². The fraction of sp³-hybridized carbons (Fsp3) is 0.667. The molecule has 2 amide bonds. The van der Waals surface area contributed by atoms with Gasteiger partial charge in [0.05, 0.1) is 12.2 Å². The van der Waals surface area contributed by atoms with Crippen LogP contribution in [0, 0.1) is 0 Å². The lowest BCUT2D eigenvalue weighted by molar-refractivity contribution is -0.164. The summed E-state index contributed by atoms with van der Waals surface area (Å²) in [6.45, 7) is 1.63. The van der Waals surface area contributed by atoms with Crippen molar-refractivity contribution in [3.05, 3.63) is 18.0 Å². The summed E-state index contributed by atoms with van der Waals surface area (Å²) in [7, 11) is 3.50. The second-order valence-corrected chi connectivity index (χ2v) is 6.15. The number of piperidine rings is 1. The minimum Gasteiger partial charge on any atom is -0.356 e. The molecule has 1 N–H and O–H groups in total. The Morgan fingerprint density at radius 1 is 1.30 bits per heavy atom. The topological polar surface area (TPSA) is 79.7 Å². The third-order valence-electron chi connectivity index (χ3n) is 4.43. The van der Waals surface area contributed by atoms with E-state index in [4.69, 9.17) is 4.74 Å². The van der Waals surface area contributed by atoms with Crippen LogP contribution in [-0.2, 0) is 21.4 Å². The number of hydrazine groups is 1. The number of hydrogen-bond acceptors (Lipinski definition) is 5. The molecule has 126 valence electrons. The molecule has 1 aromatic rings. The van der Waals surface area contributed by atoms with Crippen molar-refractivity contribution in [2.45, 2.75) is 31.4 Å². The summed E-state index contributed by atoms with van der Waals surface area (Å²) < 4.78 is 7.23. The van der Waals surface area contributed by atoms with E-state index in [2.05, 4.69) is 10.5 Å². The van der Waals surface area contributed by atoms with E-state index in [1.807, 2.05) is 11.2 Å². The summed E-state index contributed by atoms with van der Waals surface area (Å²) in [5, 5.41) is 6.08. The van der Waals surface area contributed by atoms with Crippen LogP contribution in [0.15, 0.2) is 12.4 Å². The zero-order valence-corrected chi connectivity index (χ0v) is 13.6. The summed E-state index contributed by atoms with van der Waals surface area (Å²) in [5.74, 6) is -0.346. The Bertz CT molecular complexity index is 581. The molecule has 3 heterocycles. The van der Waals surface area contributed by atoms with E-state index in [0.29, 0.717) is 0 Å². The van der Waals surface area contributed by atoms with Crippen LogP contribution >= 0.6 is 0 Å². The number of morpholine rings is 1. The quantitative estimate of drug-likeness (QED) is 0.836. The van der Waals surface area contributed by atoms with Crippen molar-refractivity contribution in [2.75, 3.05) is 26.7 Å². The van der Waals surface area contributed by atoms with Gasteiger partial charge in [0.1, 0.15) is 6.61 Å². The Labute approximate surface area is 135 Å². The standard InChI is InChI=1S/C15H23N5O3/c1-18-9-11(8-16-18)13-14(23-10-12(21)19(13)2)15(22)17-20-6-4-3-5-7-20/h8-9,13-14H,3-7,10H2,1-2H3,(H,17,22)/t13-,14-/m1/s1. The molecule has 0 unspecified atom stereocenters. The highest BCUT2D eigenvalue weighted by molar-refractivity contribution is 5.86. The third-order valence-corrected chi connectivity index (χ3v) is 4.43. The highest BCUT2D eigenvalue weighted by Crippen LogP contribution is 2.29. The average Bonchev–Trinajstić information content (AvgIpc) is 2.96. The Morgan fingerprint density at radius 2 is 2.04 bits per heavy atom. The lowest BCUT2D eigenvalue weighted by Gasteiger charge is -2.38. The Balaban J connectivity index is 1.77. The summed E-state index contributed by atoms with van der Waals surface area (Å²) >= 11 is 0. The largest absolute Gasteiger partial charge is 0.356 e. The summed E-state index contributed by atoms with van der Waals surface area (Å²) in [4.78, 5) is 26.2. The van der Waals surface area contributed by atoms with Gasteiger partial charge in [-0.2, -0.15) is 5.10 Å². The highest BCUT2D eigenvalue weighted by Gasteiger charge is 2.41. The van der Waals surface area contributed by atoms with Crippen molar-refractivity contribution in [1.29, 1.82) is 0 Å². The summed E-state index contributed by atoms with van der Waals surface area (Å²) in [6, 6.07) is -0.463. The first-order chi connectivity index (χ1) is 11.1. The fourth-order valence-electron chi connectivity index (χ4n) is 3.15. The van der Waals surface area contributed by atoms with Crippen molar-refractivity contribution < 1.29 is 14.3 Å². The molecular weight excluding hydrogens is 298 g/mol. The minimum atomic E-state index is -0.733. The highest BCUT2D eigenvalue weighted by atomic mass is 16.5. The first-order valence-electron chi connectivity index (χ1n) is 7.97. The van der Waals surface area contributed by atoms with Crippen LogP contribution in [0.4, 0.5) is 0 Å². The van der Waals surface area contributed by atoms with Gasteiger partial charge in [0.25, 0.3) is 5.91 Å². The SMILES string of the molecule is CN1C(=O)CO[C@@H](C(=O)NN2CCCCC2)[C@H]1c1cnn(C)c1. The molecule has 0 spiro atoms. The van der Waals surface area contributed by atoms with Crippen LogP contribution in [0.5, 0.6) is 0 Å². The van der Waals surface area contributed by atoms with E-state index in [9.17, 15) is 9.59 Å². The lowest BCUT2D eigenvalue weighted by Crippen LogP contribution is -2.56. The van der Waals surface area contributed by atoms with Gasteiger partial charge in [-0.3, -0.25) is 19.7 Å². The van der Waals surface area contributed by atoms with E-state index in [0.717, 1.165) is 31.5 Å². The number of rotatable bonds is 3. The first kappa shape index (κ1) is 15.9. The van der Waals surface area contributed by atoms with Crippen LogP contribution < -0.4 is 5.43 Å². The number of carbonyl (C=O) groups is 2. The molecule has 8 nitrogen and oxygen atoms in total. The Kier molecular flexibility index (Phi) is 4.63. The normalized spacial score (nSPS) is 26.3. The minimum absolute atomic E-state index is 0.0780. The van der Waals surface area contributed by atoms with E-state index < -0.39 is 12.1 Å². The zero-order valence-electron chi connectivity index (χ0n) is 13.6. The Hall–Kier alpha value is -1.93. The van der Waals surface area contributed by atoms with Gasteiger partial charge in [-0.15, -0.1) is 0 Å². The second kappa shape index (κ2) is 6.67. The van der Waals surface area contributed by atoms with Gasteiger partial charge in [0.2, 0.25) is 5.91 Å². The Morgan fingerprint density at radius 3 is 2.70 bits per heavy atom. The number of likely N-dealkylation sites (N-methyl/N-ethyl adjacent to an activating group) is 1. The number of amides is 2. The van der Waals surface area contributed by atoms with Crippen LogP contribution in [0.25, 0.3) is 0 Å². The molecule has 2 atom stereocenters. The monoisotopic (exact) mass is 321 g/mol. The van der Waals surface area contributed by atoms with Crippen LogP contribution in [0.3, 0.4) is 0 Å². The summed E-state index contributed by atoms with van der Waals surface area (Å²) in [5.41, 5.74) is 3.73. The zero-order chi connectivity index (χ0) is 16.4. The molecular formula is C15H23N5O3. The van der Waals surface area contributed by atoms with Crippen LogP contribution in [0.2, 0.25) is 0 Å². The second-order valence-electron chi connectivity index (χ2n) is 6.15. The molecule has 0 aliphatic carbocycles. The average molecular weight is 321 g/mol. The molecule has 1 aromatic heterocycles. The fourth-order valence-corrected chi connectivity index (χ4v) is 3.15. The maximum Gasteiger partial charge on any atom is 0.265 e. The third kappa shape index (κ3) is 3.37. The number of nitrogens with zero attached hydrogens (tertiary/aromatic N) is 4. The van der Waals surface area contributed by atoms with Gasteiger partial charge >= 0.3 is 0 Å². The molecule has 2 fully saturated rings. The predicted octanol–water partition coefficient (Wildman–Crippen LogP) is -0.164. The number of aryl methyl sites for hydroxylation is 1. The van der Waals surface area contributed by atoms with E-state index >= 15 is 0 Å². The number of ether oxygens (including phenoxy) is 1. The van der Waals surface area contributed by atoms with Crippen molar-refractivity contribution in [3.63, 3.8) is 0 Å². The lowest BCUT2D eigenvalue weighted by atomic mass is 10.0. The van der Waals surface area contributed by atoms with Gasteiger partial charge < -0.3 is 9.64 Å².